The van der Waals surface area contributed by atoms with Crippen molar-refractivity contribution < 1.29 is 0 Å². The molecule has 6 heteroatoms. The quantitative estimate of drug-likeness (QED) is 0.172. The van der Waals surface area contributed by atoms with Gasteiger partial charge in [0.05, 0.1) is 39.1 Å². The lowest BCUT2D eigenvalue weighted by atomic mass is 10.1. The van der Waals surface area contributed by atoms with Crippen LogP contribution in [0.3, 0.4) is 0 Å². The minimum atomic E-state index is 0.613. The van der Waals surface area contributed by atoms with E-state index < -0.39 is 0 Å². The first-order valence-corrected chi connectivity index (χ1v) is 18.7. The van der Waals surface area contributed by atoms with Gasteiger partial charge in [0.25, 0.3) is 0 Å². The first-order chi connectivity index (χ1) is 27.8. The van der Waals surface area contributed by atoms with E-state index in [1.807, 2.05) is 48.5 Å². The molecule has 0 saturated carbocycles. The third kappa shape index (κ3) is 5.19. The van der Waals surface area contributed by atoms with Crippen molar-refractivity contribution in [2.24, 2.45) is 0 Å². The molecule has 6 nitrogen and oxygen atoms in total. The molecule has 0 aliphatic rings. The maximum atomic E-state index is 5.40. The van der Waals surface area contributed by atoms with Gasteiger partial charge in [-0.3, -0.25) is 4.57 Å². The molecule has 0 saturated heterocycles. The van der Waals surface area contributed by atoms with Gasteiger partial charge in [0.15, 0.2) is 5.82 Å². The summed E-state index contributed by atoms with van der Waals surface area (Å²) >= 11 is 0. The summed E-state index contributed by atoms with van der Waals surface area (Å²) in [5.74, 6) is 1.28. The Morgan fingerprint density at radius 1 is 0.339 bits per heavy atom. The molecule has 0 bridgehead atoms. The van der Waals surface area contributed by atoms with Gasteiger partial charge in [0.2, 0.25) is 5.95 Å². The minimum absolute atomic E-state index is 0.613. The molecular formula is C50H32N6. The van der Waals surface area contributed by atoms with Gasteiger partial charge in [-0.05, 0) is 48.5 Å². The van der Waals surface area contributed by atoms with E-state index in [1.54, 1.807) is 0 Å². The number of aromatic nitrogens is 6. The average Bonchev–Trinajstić information content (AvgIpc) is 3.80. The first-order valence-electron chi connectivity index (χ1n) is 18.7. The lowest BCUT2D eigenvalue weighted by molar-refractivity contribution is 0.995. The van der Waals surface area contributed by atoms with Crippen molar-refractivity contribution in [3.05, 3.63) is 194 Å². The zero-order chi connectivity index (χ0) is 37.0. The predicted molar refractivity (Wildman–Crippen MR) is 228 cm³/mol. The van der Waals surface area contributed by atoms with Crippen LogP contribution in [0.1, 0.15) is 0 Å². The molecule has 262 valence electrons. The van der Waals surface area contributed by atoms with Crippen LogP contribution in [-0.4, -0.2) is 29.1 Å². The molecule has 0 N–H and O–H groups in total. The van der Waals surface area contributed by atoms with Crippen molar-refractivity contribution in [1.29, 1.82) is 0 Å². The molecule has 4 aromatic heterocycles. The fraction of sp³-hybridized carbons (Fsp3) is 0. The first kappa shape index (κ1) is 31.8. The fourth-order valence-electron chi connectivity index (χ4n) is 7.99. The number of hydrogen-bond acceptors (Lipinski definition) is 4. The molecule has 11 aromatic rings. The zero-order valence-electron chi connectivity index (χ0n) is 30.2. The van der Waals surface area contributed by atoms with E-state index in [-0.39, 0.29) is 0 Å². The number of para-hydroxylation sites is 3. The zero-order valence-corrected chi connectivity index (χ0v) is 30.2. The number of nitrogens with zero attached hydrogens (tertiary/aromatic N) is 6. The summed E-state index contributed by atoms with van der Waals surface area (Å²) < 4.78 is 4.47. The molecule has 0 amide bonds. The third-order valence-electron chi connectivity index (χ3n) is 10.6. The lowest BCUT2D eigenvalue weighted by Gasteiger charge is -2.13. The van der Waals surface area contributed by atoms with E-state index in [4.69, 9.17) is 19.9 Å². The van der Waals surface area contributed by atoms with Crippen LogP contribution in [0, 0.1) is 0 Å². The smallest absolute Gasteiger partial charge is 0.235 e. The highest BCUT2D eigenvalue weighted by Gasteiger charge is 2.22. The summed E-state index contributed by atoms with van der Waals surface area (Å²) in [6.07, 6.45) is 0. The van der Waals surface area contributed by atoms with E-state index in [1.165, 1.54) is 0 Å². The molecular weight excluding hydrogens is 685 g/mol. The summed E-state index contributed by atoms with van der Waals surface area (Å²) in [5.41, 5.74) is 12.7. The molecule has 11 rings (SSSR count). The molecule has 0 radical (unpaired) electrons. The van der Waals surface area contributed by atoms with Gasteiger partial charge in [-0.25, -0.2) is 19.9 Å². The van der Waals surface area contributed by atoms with Crippen molar-refractivity contribution in [2.75, 3.05) is 0 Å². The van der Waals surface area contributed by atoms with E-state index in [2.05, 4.69) is 155 Å². The number of fused-ring (bicyclic) bond motifs is 6. The molecule has 7 aromatic carbocycles. The van der Waals surface area contributed by atoms with Gasteiger partial charge in [-0.2, -0.15) is 0 Å². The molecule has 56 heavy (non-hydrogen) atoms. The third-order valence-corrected chi connectivity index (χ3v) is 10.6. The van der Waals surface area contributed by atoms with Gasteiger partial charge in [-0.1, -0.05) is 146 Å². The maximum absolute atomic E-state index is 5.40. The summed E-state index contributed by atoms with van der Waals surface area (Å²) in [6.45, 7) is 0. The summed E-state index contributed by atoms with van der Waals surface area (Å²) in [5, 5.41) is 3.25. The largest absolute Gasteiger partial charge is 0.306 e. The van der Waals surface area contributed by atoms with Crippen LogP contribution in [0.15, 0.2) is 194 Å². The van der Waals surface area contributed by atoms with Gasteiger partial charge in [0.1, 0.15) is 5.52 Å². The summed E-state index contributed by atoms with van der Waals surface area (Å²) in [6, 6.07) is 67.1. The maximum Gasteiger partial charge on any atom is 0.235 e. The number of benzene rings is 7. The van der Waals surface area contributed by atoms with E-state index in [9.17, 15) is 0 Å². The molecule has 0 fully saturated rings. The van der Waals surface area contributed by atoms with Crippen LogP contribution in [0.25, 0.3) is 101 Å². The highest BCUT2D eigenvalue weighted by Crippen LogP contribution is 2.39. The Morgan fingerprint density at radius 3 is 1.50 bits per heavy atom. The SMILES string of the molecule is c1ccc(-c2cc(-c3ccccc3)nc(-n3c4ccccc4c4cc(-c5nc(-c6ccccc6)c6c(n5)c5ccccc5n6-c5ccccc5)ccc43)n2)cc1. The number of rotatable bonds is 6. The number of hydrogen-bond donors (Lipinski definition) is 0. The van der Waals surface area contributed by atoms with Gasteiger partial charge >= 0.3 is 0 Å². The molecule has 0 unspecified atom stereocenters. The Kier molecular flexibility index (Phi) is 7.38. The van der Waals surface area contributed by atoms with Crippen LogP contribution in [0.4, 0.5) is 0 Å². The van der Waals surface area contributed by atoms with Crippen molar-refractivity contribution >= 4 is 43.7 Å². The van der Waals surface area contributed by atoms with Crippen LogP contribution < -0.4 is 0 Å². The van der Waals surface area contributed by atoms with Gasteiger partial charge < -0.3 is 4.57 Å². The Labute approximate surface area is 322 Å². The monoisotopic (exact) mass is 716 g/mol. The van der Waals surface area contributed by atoms with E-state index >= 15 is 0 Å². The molecule has 0 atom stereocenters. The Morgan fingerprint density at radius 2 is 0.857 bits per heavy atom. The Balaban J connectivity index is 1.16. The highest BCUT2D eigenvalue weighted by atomic mass is 15.2. The standard InChI is InChI=1S/C50H32N6/c1-5-17-33(18-6-1)41-32-42(34-19-7-2-8-20-34)52-50(51-41)56-43-27-15-13-25-38(43)40-31-36(29-30-45(40)56)49-53-46(35-21-9-3-10-22-35)48-47(54-49)39-26-14-16-28-44(39)55(48)37-23-11-4-12-24-37/h1-32H. The van der Waals surface area contributed by atoms with Crippen LogP contribution >= 0.6 is 0 Å². The molecule has 0 spiro atoms. The van der Waals surface area contributed by atoms with Gasteiger partial charge in [-0.15, -0.1) is 0 Å². The van der Waals surface area contributed by atoms with Crippen LogP contribution in [0.2, 0.25) is 0 Å². The van der Waals surface area contributed by atoms with E-state index in [0.717, 1.165) is 88.8 Å². The molecule has 4 heterocycles. The normalized spacial score (nSPS) is 11.6. The second kappa shape index (κ2) is 13.0. The topological polar surface area (TPSA) is 61.4 Å². The Bertz CT molecular complexity index is 3170. The van der Waals surface area contributed by atoms with Crippen LogP contribution in [0.5, 0.6) is 0 Å². The second-order valence-corrected chi connectivity index (χ2v) is 13.9. The van der Waals surface area contributed by atoms with Crippen molar-refractivity contribution in [1.82, 2.24) is 29.1 Å². The van der Waals surface area contributed by atoms with Crippen molar-refractivity contribution in [2.45, 2.75) is 0 Å². The molecule has 0 aliphatic carbocycles. The average molecular weight is 717 g/mol. The summed E-state index contributed by atoms with van der Waals surface area (Å²) in [7, 11) is 0. The predicted octanol–water partition coefficient (Wildman–Crippen LogP) is 12.1. The second-order valence-electron chi connectivity index (χ2n) is 13.9. The van der Waals surface area contributed by atoms with Crippen LogP contribution in [-0.2, 0) is 0 Å². The highest BCUT2D eigenvalue weighted by molar-refractivity contribution is 6.13. The fourth-order valence-corrected chi connectivity index (χ4v) is 7.99. The minimum Gasteiger partial charge on any atom is -0.306 e. The van der Waals surface area contributed by atoms with E-state index in [0.29, 0.717) is 11.8 Å². The van der Waals surface area contributed by atoms with Gasteiger partial charge in [0, 0.05) is 44.1 Å². The Hall–Kier alpha value is -7.70. The molecule has 0 aliphatic heterocycles. The summed E-state index contributed by atoms with van der Waals surface area (Å²) in [4.78, 5) is 21.2. The lowest BCUT2D eigenvalue weighted by Crippen LogP contribution is -2.04. The van der Waals surface area contributed by atoms with Crippen molar-refractivity contribution in [3.63, 3.8) is 0 Å². The van der Waals surface area contributed by atoms with Crippen molar-refractivity contribution in [3.8, 4) is 56.8 Å².